The zero-order valence-corrected chi connectivity index (χ0v) is 10.3. The van der Waals surface area contributed by atoms with Crippen molar-refractivity contribution >= 4 is 17.4 Å². The van der Waals surface area contributed by atoms with E-state index in [1.54, 1.807) is 6.07 Å². The molecule has 0 fully saturated rings. The van der Waals surface area contributed by atoms with Gasteiger partial charge in [0, 0.05) is 23.2 Å². The van der Waals surface area contributed by atoms with Crippen LogP contribution < -0.4 is 10.6 Å². The molecule has 0 aromatic heterocycles. The molecular formula is C12H17FN2S. The smallest absolute Gasteiger partial charge is 0.125 e. The zero-order chi connectivity index (χ0) is 11.5. The predicted molar refractivity (Wildman–Crippen MR) is 67.6 cm³/mol. The molecule has 1 aliphatic rings. The summed E-state index contributed by atoms with van der Waals surface area (Å²) in [5.74, 6) is -0.161. The first kappa shape index (κ1) is 11.7. The molecule has 0 saturated heterocycles. The van der Waals surface area contributed by atoms with Crippen molar-refractivity contribution in [1.82, 2.24) is 0 Å². The van der Waals surface area contributed by atoms with Gasteiger partial charge in [-0.05, 0) is 31.2 Å². The van der Waals surface area contributed by atoms with E-state index in [9.17, 15) is 4.39 Å². The maximum atomic E-state index is 13.2. The molecule has 1 aromatic carbocycles. The van der Waals surface area contributed by atoms with E-state index >= 15 is 0 Å². The summed E-state index contributed by atoms with van der Waals surface area (Å²) in [7, 11) is 0. The number of nitrogens with zero attached hydrogens (tertiary/aromatic N) is 1. The Morgan fingerprint density at radius 3 is 3.12 bits per heavy atom. The van der Waals surface area contributed by atoms with Crippen molar-refractivity contribution in [1.29, 1.82) is 0 Å². The van der Waals surface area contributed by atoms with Gasteiger partial charge in [-0.3, -0.25) is 0 Å². The van der Waals surface area contributed by atoms with Crippen LogP contribution in [0.2, 0.25) is 0 Å². The minimum atomic E-state index is -0.161. The van der Waals surface area contributed by atoms with Gasteiger partial charge in [0.05, 0.1) is 5.69 Å². The van der Waals surface area contributed by atoms with Crippen LogP contribution in [0.15, 0.2) is 23.1 Å². The average molecular weight is 240 g/mol. The summed E-state index contributed by atoms with van der Waals surface area (Å²) in [5.41, 5.74) is 6.55. The van der Waals surface area contributed by atoms with Crippen LogP contribution in [0.1, 0.15) is 13.3 Å². The summed E-state index contributed by atoms with van der Waals surface area (Å²) >= 11 is 1.82. The van der Waals surface area contributed by atoms with Crippen molar-refractivity contribution in [3.8, 4) is 0 Å². The topological polar surface area (TPSA) is 29.3 Å². The first-order valence-electron chi connectivity index (χ1n) is 5.62. The second kappa shape index (κ2) is 5.06. The summed E-state index contributed by atoms with van der Waals surface area (Å²) in [6.07, 6.45) is 0.952. The van der Waals surface area contributed by atoms with E-state index in [1.165, 1.54) is 11.0 Å². The van der Waals surface area contributed by atoms with E-state index in [4.69, 9.17) is 5.73 Å². The van der Waals surface area contributed by atoms with Gasteiger partial charge in [0.15, 0.2) is 0 Å². The van der Waals surface area contributed by atoms with Crippen molar-refractivity contribution in [3.05, 3.63) is 24.0 Å². The summed E-state index contributed by atoms with van der Waals surface area (Å²) in [4.78, 5) is 3.42. The number of thioether (sulfide) groups is 1. The summed E-state index contributed by atoms with van der Waals surface area (Å²) in [6.45, 7) is 4.77. The molecule has 16 heavy (non-hydrogen) atoms. The highest BCUT2D eigenvalue weighted by molar-refractivity contribution is 8.00. The molecule has 1 aliphatic heterocycles. The maximum Gasteiger partial charge on any atom is 0.125 e. The van der Waals surface area contributed by atoms with E-state index in [0.717, 1.165) is 25.2 Å². The largest absolute Gasteiger partial charge is 0.369 e. The first-order valence-corrected chi connectivity index (χ1v) is 6.50. The Kier molecular flexibility index (Phi) is 3.71. The molecule has 2 nitrogen and oxygen atoms in total. The van der Waals surface area contributed by atoms with Gasteiger partial charge in [-0.15, -0.1) is 11.8 Å². The predicted octanol–water partition coefficient (Wildman–Crippen LogP) is 2.48. The molecule has 4 heteroatoms. The average Bonchev–Trinajstić information content (AvgIpc) is 2.26. The fourth-order valence-electron chi connectivity index (χ4n) is 1.99. The number of nitrogens with two attached hydrogens (primary N) is 1. The molecule has 88 valence electrons. The Hall–Kier alpha value is -0.740. The van der Waals surface area contributed by atoms with Crippen molar-refractivity contribution in [3.63, 3.8) is 0 Å². The Labute approximate surface area is 100 Å². The fourth-order valence-corrected chi connectivity index (χ4v) is 3.14. The van der Waals surface area contributed by atoms with Gasteiger partial charge in [0.2, 0.25) is 0 Å². The van der Waals surface area contributed by atoms with Crippen LogP contribution in [0.5, 0.6) is 0 Å². The Bertz CT molecular complexity index is 370. The molecule has 0 bridgehead atoms. The minimum Gasteiger partial charge on any atom is -0.369 e. The maximum absolute atomic E-state index is 13.2. The Balaban J connectivity index is 2.24. The molecule has 2 N–H and O–H groups in total. The van der Waals surface area contributed by atoms with Gasteiger partial charge in [-0.1, -0.05) is 6.92 Å². The Morgan fingerprint density at radius 2 is 2.38 bits per heavy atom. The lowest BCUT2D eigenvalue weighted by molar-refractivity contribution is 0.622. The molecule has 1 atom stereocenters. The number of hydrogen-bond acceptors (Lipinski definition) is 3. The van der Waals surface area contributed by atoms with Crippen LogP contribution >= 0.6 is 11.8 Å². The van der Waals surface area contributed by atoms with Crippen LogP contribution in [-0.4, -0.2) is 24.9 Å². The fraction of sp³-hybridized carbons (Fsp3) is 0.500. The third-order valence-electron chi connectivity index (χ3n) is 2.70. The highest BCUT2D eigenvalue weighted by Crippen LogP contribution is 2.38. The molecule has 0 amide bonds. The molecule has 0 aliphatic carbocycles. The number of halogens is 1. The molecular weight excluding hydrogens is 223 g/mol. The molecule has 0 radical (unpaired) electrons. The van der Waals surface area contributed by atoms with E-state index in [1.807, 2.05) is 17.8 Å². The van der Waals surface area contributed by atoms with Gasteiger partial charge < -0.3 is 10.6 Å². The highest BCUT2D eigenvalue weighted by atomic mass is 32.2. The van der Waals surface area contributed by atoms with E-state index < -0.39 is 0 Å². The lowest BCUT2D eigenvalue weighted by atomic mass is 10.2. The van der Waals surface area contributed by atoms with Gasteiger partial charge in [0.1, 0.15) is 5.82 Å². The zero-order valence-electron chi connectivity index (χ0n) is 9.45. The molecule has 2 rings (SSSR count). The lowest BCUT2D eigenvalue weighted by Crippen LogP contribution is -2.35. The van der Waals surface area contributed by atoms with Crippen molar-refractivity contribution in [2.45, 2.75) is 23.5 Å². The quantitative estimate of drug-likeness (QED) is 0.880. The van der Waals surface area contributed by atoms with Crippen LogP contribution in [0, 0.1) is 5.82 Å². The van der Waals surface area contributed by atoms with Crippen LogP contribution in [0.25, 0.3) is 0 Å². The second-order valence-corrected chi connectivity index (χ2v) is 5.61. The van der Waals surface area contributed by atoms with Gasteiger partial charge in [-0.25, -0.2) is 4.39 Å². The third kappa shape index (κ3) is 2.50. The summed E-state index contributed by atoms with van der Waals surface area (Å²) < 4.78 is 13.2. The van der Waals surface area contributed by atoms with E-state index in [0.29, 0.717) is 11.8 Å². The van der Waals surface area contributed by atoms with Gasteiger partial charge in [0.25, 0.3) is 0 Å². The van der Waals surface area contributed by atoms with Crippen molar-refractivity contribution < 1.29 is 4.39 Å². The standard InChI is InChI=1S/C12H17FN2S/c1-9-8-15(6-2-5-14)11-7-10(13)3-4-12(11)16-9/h3-4,7,9H,2,5-6,8,14H2,1H3. The van der Waals surface area contributed by atoms with Crippen molar-refractivity contribution in [2.24, 2.45) is 5.73 Å². The van der Waals surface area contributed by atoms with E-state index in [-0.39, 0.29) is 5.82 Å². The van der Waals surface area contributed by atoms with E-state index in [2.05, 4.69) is 11.8 Å². The van der Waals surface area contributed by atoms with Crippen LogP contribution in [0.3, 0.4) is 0 Å². The van der Waals surface area contributed by atoms with Gasteiger partial charge >= 0.3 is 0 Å². The molecule has 1 unspecified atom stereocenters. The van der Waals surface area contributed by atoms with Crippen LogP contribution in [0.4, 0.5) is 10.1 Å². The monoisotopic (exact) mass is 240 g/mol. The normalized spacial score (nSPS) is 19.7. The summed E-state index contributed by atoms with van der Waals surface area (Å²) in [5, 5.41) is 0.552. The first-order chi connectivity index (χ1) is 7.70. The van der Waals surface area contributed by atoms with Crippen molar-refractivity contribution in [2.75, 3.05) is 24.5 Å². The highest BCUT2D eigenvalue weighted by Gasteiger charge is 2.22. The number of benzene rings is 1. The SMILES string of the molecule is CC1CN(CCCN)c2cc(F)ccc2S1. The lowest BCUT2D eigenvalue weighted by Gasteiger charge is -2.34. The second-order valence-electron chi connectivity index (χ2n) is 4.13. The molecule has 0 saturated carbocycles. The molecule has 0 spiro atoms. The number of fused-ring (bicyclic) bond motifs is 1. The minimum absolute atomic E-state index is 0.161. The number of rotatable bonds is 3. The third-order valence-corrected chi connectivity index (χ3v) is 3.85. The van der Waals surface area contributed by atoms with Crippen LogP contribution in [-0.2, 0) is 0 Å². The molecule has 1 aromatic rings. The number of hydrogen-bond donors (Lipinski definition) is 1. The Morgan fingerprint density at radius 1 is 1.56 bits per heavy atom. The number of anilines is 1. The van der Waals surface area contributed by atoms with Gasteiger partial charge in [-0.2, -0.15) is 0 Å². The molecule has 1 heterocycles. The summed E-state index contributed by atoms with van der Waals surface area (Å²) in [6, 6.07) is 5.04.